The van der Waals surface area contributed by atoms with Gasteiger partial charge in [-0.15, -0.1) is 6.58 Å². The molecule has 2 amide bonds. The molecule has 31 heavy (non-hydrogen) atoms. The van der Waals surface area contributed by atoms with Gasteiger partial charge in [-0.1, -0.05) is 54.1 Å². The maximum atomic E-state index is 13.8. The minimum atomic E-state index is -0.727. The highest BCUT2D eigenvalue weighted by molar-refractivity contribution is 6.14. The van der Waals surface area contributed by atoms with Crippen LogP contribution in [0.25, 0.3) is 5.57 Å². The molecule has 5 nitrogen and oxygen atoms in total. The van der Waals surface area contributed by atoms with Crippen LogP contribution >= 0.6 is 0 Å². The van der Waals surface area contributed by atoms with Gasteiger partial charge in [-0.05, 0) is 31.6 Å². The van der Waals surface area contributed by atoms with Crippen LogP contribution in [0.5, 0.6) is 0 Å². The van der Waals surface area contributed by atoms with Crippen molar-refractivity contribution < 1.29 is 14.4 Å². The van der Waals surface area contributed by atoms with Gasteiger partial charge in [0.15, 0.2) is 5.78 Å². The number of ketones is 1. The highest BCUT2D eigenvalue weighted by Gasteiger charge is 2.64. The molecule has 2 aromatic carbocycles. The van der Waals surface area contributed by atoms with Crippen LogP contribution in [0.1, 0.15) is 28.4 Å². The number of benzene rings is 2. The Bertz CT molecular complexity index is 1150. The van der Waals surface area contributed by atoms with Crippen molar-refractivity contribution in [2.75, 3.05) is 11.4 Å². The summed E-state index contributed by atoms with van der Waals surface area (Å²) >= 11 is 0. The standard InChI is InChI=1S/C26H24N2O3/c1-4-12-27-25(30)21-20-14-16(3)18-13-15(2)10-11-19(18)28(20)23(22(21)26(27)31)24(29)17-8-6-5-7-9-17/h4-11,13-14,20-23H,1,12H2,2-3H3/t20-,21-,22+,23+/m1/s1. The molecule has 156 valence electrons. The zero-order chi connectivity index (χ0) is 21.9. The van der Waals surface area contributed by atoms with E-state index in [0.29, 0.717) is 5.56 Å². The number of fused-ring (bicyclic) bond motifs is 5. The number of hydrogen-bond acceptors (Lipinski definition) is 4. The van der Waals surface area contributed by atoms with E-state index >= 15 is 0 Å². The normalized spacial score (nSPS) is 26.3. The third kappa shape index (κ3) is 2.73. The van der Waals surface area contributed by atoms with Gasteiger partial charge in [0.25, 0.3) is 0 Å². The summed E-state index contributed by atoms with van der Waals surface area (Å²) in [6.07, 6.45) is 3.61. The number of carbonyl (C=O) groups is 3. The summed E-state index contributed by atoms with van der Waals surface area (Å²) in [7, 11) is 0. The molecule has 4 atom stereocenters. The molecule has 0 aromatic heterocycles. The van der Waals surface area contributed by atoms with Gasteiger partial charge in [-0.2, -0.15) is 0 Å². The molecule has 0 aliphatic carbocycles. The van der Waals surface area contributed by atoms with Crippen LogP contribution in [-0.2, 0) is 9.59 Å². The van der Waals surface area contributed by atoms with Crippen LogP contribution in [-0.4, -0.2) is 41.1 Å². The molecule has 5 heteroatoms. The van der Waals surface area contributed by atoms with Crippen molar-refractivity contribution in [2.45, 2.75) is 25.9 Å². The van der Waals surface area contributed by atoms with Crippen LogP contribution in [0.4, 0.5) is 5.69 Å². The van der Waals surface area contributed by atoms with Crippen molar-refractivity contribution >= 4 is 28.9 Å². The number of allylic oxidation sites excluding steroid dienone is 1. The van der Waals surface area contributed by atoms with Crippen molar-refractivity contribution in [3.63, 3.8) is 0 Å². The molecule has 3 aliphatic heterocycles. The Morgan fingerprint density at radius 3 is 2.45 bits per heavy atom. The number of hydrogen-bond donors (Lipinski definition) is 0. The van der Waals surface area contributed by atoms with E-state index in [-0.39, 0.29) is 30.2 Å². The molecule has 0 unspecified atom stereocenters. The lowest BCUT2D eigenvalue weighted by atomic mass is 9.85. The summed E-state index contributed by atoms with van der Waals surface area (Å²) in [6.45, 7) is 7.91. The molecule has 0 saturated carbocycles. The maximum Gasteiger partial charge on any atom is 0.236 e. The SMILES string of the molecule is C=CCN1C(=O)[C@H]2[C@H](C1=O)[C@@H](C(=O)c1ccccc1)N1c3ccc(C)cc3C(C)=C[C@H]21. The van der Waals surface area contributed by atoms with Gasteiger partial charge >= 0.3 is 0 Å². The lowest BCUT2D eigenvalue weighted by molar-refractivity contribution is -0.139. The minimum Gasteiger partial charge on any atom is -0.352 e. The van der Waals surface area contributed by atoms with E-state index < -0.39 is 17.9 Å². The largest absolute Gasteiger partial charge is 0.352 e. The predicted molar refractivity (Wildman–Crippen MR) is 120 cm³/mol. The van der Waals surface area contributed by atoms with Crippen LogP contribution in [0.2, 0.25) is 0 Å². The molecule has 2 aromatic rings. The second kappa shape index (κ2) is 7.05. The average molecular weight is 412 g/mol. The Morgan fingerprint density at radius 1 is 1.03 bits per heavy atom. The van der Waals surface area contributed by atoms with E-state index in [1.54, 1.807) is 18.2 Å². The second-order valence-corrected chi connectivity index (χ2v) is 8.57. The van der Waals surface area contributed by atoms with E-state index in [1.165, 1.54) is 4.90 Å². The van der Waals surface area contributed by atoms with Gasteiger partial charge in [0.1, 0.15) is 6.04 Å². The summed E-state index contributed by atoms with van der Waals surface area (Å²) in [4.78, 5) is 43.7. The van der Waals surface area contributed by atoms with Crippen LogP contribution in [0.15, 0.2) is 67.3 Å². The highest BCUT2D eigenvalue weighted by Crippen LogP contribution is 2.50. The van der Waals surface area contributed by atoms with Crippen molar-refractivity contribution in [1.82, 2.24) is 4.90 Å². The quantitative estimate of drug-likeness (QED) is 0.437. The molecule has 0 N–H and O–H groups in total. The molecule has 3 heterocycles. The first kappa shape index (κ1) is 19.5. The van der Waals surface area contributed by atoms with Gasteiger partial charge in [-0.25, -0.2) is 0 Å². The summed E-state index contributed by atoms with van der Waals surface area (Å²) < 4.78 is 0. The molecular formula is C26H24N2O3. The summed E-state index contributed by atoms with van der Waals surface area (Å²) in [6, 6.07) is 14.1. The number of likely N-dealkylation sites (tertiary alicyclic amines) is 1. The molecular weight excluding hydrogens is 388 g/mol. The third-order valence-electron chi connectivity index (χ3n) is 6.73. The van der Waals surface area contributed by atoms with Crippen molar-refractivity contribution in [2.24, 2.45) is 11.8 Å². The third-order valence-corrected chi connectivity index (χ3v) is 6.73. The Hall–Kier alpha value is -3.47. The minimum absolute atomic E-state index is 0.126. The number of carbonyl (C=O) groups excluding carboxylic acids is 3. The first-order valence-electron chi connectivity index (χ1n) is 10.6. The molecule has 5 rings (SSSR count). The number of rotatable bonds is 4. The zero-order valence-electron chi connectivity index (χ0n) is 17.6. The first-order chi connectivity index (χ1) is 14.9. The molecule has 0 radical (unpaired) electrons. The van der Waals surface area contributed by atoms with Crippen LogP contribution < -0.4 is 4.90 Å². The van der Waals surface area contributed by atoms with Gasteiger partial charge in [0.2, 0.25) is 11.8 Å². The van der Waals surface area contributed by atoms with Gasteiger partial charge in [0.05, 0.1) is 17.9 Å². The van der Waals surface area contributed by atoms with Gasteiger partial charge < -0.3 is 4.90 Å². The number of Topliss-reactive ketones (excluding diaryl/α,β-unsaturated/α-hetero) is 1. The molecule has 2 fully saturated rings. The molecule has 3 aliphatic rings. The van der Waals surface area contributed by atoms with Gasteiger partial charge in [0, 0.05) is 23.4 Å². The van der Waals surface area contributed by atoms with Crippen molar-refractivity contribution in [3.05, 3.63) is 84.0 Å². The number of imide groups is 1. The van der Waals surface area contributed by atoms with E-state index in [0.717, 1.165) is 22.4 Å². The lowest BCUT2D eigenvalue weighted by Gasteiger charge is -2.38. The lowest BCUT2D eigenvalue weighted by Crippen LogP contribution is -2.49. The fraction of sp³-hybridized carbons (Fsp3) is 0.269. The maximum absolute atomic E-state index is 13.8. The monoisotopic (exact) mass is 412 g/mol. The Labute approximate surface area is 181 Å². The average Bonchev–Trinajstić information content (AvgIpc) is 3.23. The van der Waals surface area contributed by atoms with Crippen molar-refractivity contribution in [3.8, 4) is 0 Å². The predicted octanol–water partition coefficient (Wildman–Crippen LogP) is 3.64. The summed E-state index contributed by atoms with van der Waals surface area (Å²) in [5.74, 6) is -1.90. The molecule has 0 bridgehead atoms. The van der Waals surface area contributed by atoms with Gasteiger partial charge in [-0.3, -0.25) is 19.3 Å². The van der Waals surface area contributed by atoms with E-state index in [4.69, 9.17) is 0 Å². The van der Waals surface area contributed by atoms with Crippen molar-refractivity contribution in [1.29, 1.82) is 0 Å². The van der Waals surface area contributed by atoms with E-state index in [1.807, 2.05) is 49.1 Å². The fourth-order valence-electron chi connectivity index (χ4n) is 5.40. The molecule has 2 saturated heterocycles. The smallest absolute Gasteiger partial charge is 0.236 e. The topological polar surface area (TPSA) is 57.7 Å². The van der Waals surface area contributed by atoms with Crippen LogP contribution in [0, 0.1) is 18.8 Å². The van der Waals surface area contributed by atoms with E-state index in [9.17, 15) is 14.4 Å². The molecule has 0 spiro atoms. The zero-order valence-corrected chi connectivity index (χ0v) is 17.6. The fourth-order valence-corrected chi connectivity index (χ4v) is 5.40. The number of anilines is 1. The Kier molecular flexibility index (Phi) is 4.43. The second-order valence-electron chi connectivity index (χ2n) is 8.57. The number of aryl methyl sites for hydroxylation is 1. The number of nitrogens with zero attached hydrogens (tertiary/aromatic N) is 2. The number of amides is 2. The summed E-state index contributed by atoms with van der Waals surface area (Å²) in [5.41, 5.74) is 4.70. The Balaban J connectivity index is 1.70. The summed E-state index contributed by atoms with van der Waals surface area (Å²) in [5, 5.41) is 0. The first-order valence-corrected chi connectivity index (χ1v) is 10.6. The highest BCUT2D eigenvalue weighted by atomic mass is 16.2. The van der Waals surface area contributed by atoms with Crippen LogP contribution in [0.3, 0.4) is 0 Å². The Morgan fingerprint density at radius 2 is 1.74 bits per heavy atom. The van der Waals surface area contributed by atoms with E-state index in [2.05, 4.69) is 18.7 Å².